The third-order valence-corrected chi connectivity index (χ3v) is 5.81. The Bertz CT molecular complexity index is 888. The van der Waals surface area contributed by atoms with Crippen LogP contribution in [0.1, 0.15) is 12.0 Å². The molecule has 0 spiro atoms. The molecule has 2 aromatic rings. The van der Waals surface area contributed by atoms with Crippen molar-refractivity contribution >= 4 is 17.5 Å². The van der Waals surface area contributed by atoms with E-state index in [1.165, 1.54) is 10.5 Å². The lowest BCUT2D eigenvalue weighted by molar-refractivity contribution is -0.123. The molecule has 0 unspecified atom stereocenters. The molecule has 2 amide bonds. The van der Waals surface area contributed by atoms with Gasteiger partial charge in [0.2, 0.25) is 5.91 Å². The number of piperazine rings is 1. The molecular weight excluding hydrogens is 382 g/mol. The summed E-state index contributed by atoms with van der Waals surface area (Å²) in [5.74, 6) is 0.727. The molecular formula is C23H27N3O4. The van der Waals surface area contributed by atoms with Crippen molar-refractivity contribution in [3.05, 3.63) is 54.1 Å². The molecule has 0 aliphatic carbocycles. The largest absolute Gasteiger partial charge is 0.497 e. The Morgan fingerprint density at radius 3 is 2.13 bits per heavy atom. The Labute approximate surface area is 176 Å². The molecule has 2 heterocycles. The summed E-state index contributed by atoms with van der Waals surface area (Å²) in [4.78, 5) is 31.7. The Hall–Kier alpha value is -2.90. The van der Waals surface area contributed by atoms with E-state index in [0.717, 1.165) is 32.7 Å². The number of carbonyl (C=O) groups is 2. The minimum atomic E-state index is -0.409. The molecule has 0 saturated carbocycles. The fourth-order valence-corrected chi connectivity index (χ4v) is 4.17. The number of carbonyl (C=O) groups excluding carboxylic acids is 2. The standard InChI is InChI=1S/C23H27N3O4/c1-29-19-12-18(13-20(14-19)30-2)26-22(27)15-21(23(26)28)25-10-8-24(9-11-25)16-17-6-4-3-5-7-17/h3-7,12-14,21H,8-11,15-16H2,1-2H3/t21-/m0/s1. The minimum absolute atomic E-state index is 0.174. The van der Waals surface area contributed by atoms with E-state index in [4.69, 9.17) is 9.47 Å². The third kappa shape index (κ3) is 4.17. The van der Waals surface area contributed by atoms with Gasteiger partial charge >= 0.3 is 0 Å². The van der Waals surface area contributed by atoms with Crippen LogP contribution in [0.2, 0.25) is 0 Å². The summed E-state index contributed by atoms with van der Waals surface area (Å²) in [6.45, 7) is 4.19. The fraction of sp³-hybridized carbons (Fsp3) is 0.391. The second-order valence-corrected chi connectivity index (χ2v) is 7.66. The van der Waals surface area contributed by atoms with Crippen LogP contribution in [0.5, 0.6) is 11.5 Å². The van der Waals surface area contributed by atoms with E-state index in [1.807, 2.05) is 6.07 Å². The Kier molecular flexibility index (Phi) is 6.01. The van der Waals surface area contributed by atoms with Crippen LogP contribution in [0.25, 0.3) is 0 Å². The number of hydrogen-bond donors (Lipinski definition) is 0. The molecule has 30 heavy (non-hydrogen) atoms. The SMILES string of the molecule is COc1cc(OC)cc(N2C(=O)C[C@H](N3CCN(Cc4ccccc4)CC3)C2=O)c1. The first-order valence-electron chi connectivity index (χ1n) is 10.2. The van der Waals surface area contributed by atoms with Gasteiger partial charge in [-0.3, -0.25) is 19.4 Å². The van der Waals surface area contributed by atoms with E-state index >= 15 is 0 Å². The fourth-order valence-electron chi connectivity index (χ4n) is 4.17. The maximum absolute atomic E-state index is 13.2. The molecule has 0 radical (unpaired) electrons. The van der Waals surface area contributed by atoms with Crippen LogP contribution in [0.4, 0.5) is 5.69 Å². The van der Waals surface area contributed by atoms with Crippen LogP contribution in [-0.2, 0) is 16.1 Å². The Balaban J connectivity index is 1.42. The summed E-state index contributed by atoms with van der Waals surface area (Å²) >= 11 is 0. The Morgan fingerprint density at radius 2 is 1.53 bits per heavy atom. The van der Waals surface area contributed by atoms with E-state index in [2.05, 4.69) is 34.1 Å². The van der Waals surface area contributed by atoms with E-state index in [1.54, 1.807) is 32.4 Å². The van der Waals surface area contributed by atoms with Crippen LogP contribution >= 0.6 is 0 Å². The first-order valence-corrected chi connectivity index (χ1v) is 10.2. The molecule has 7 nitrogen and oxygen atoms in total. The van der Waals surface area contributed by atoms with Crippen molar-refractivity contribution in [3.63, 3.8) is 0 Å². The first-order chi connectivity index (χ1) is 14.6. The molecule has 0 aromatic heterocycles. The number of methoxy groups -OCH3 is 2. The zero-order valence-corrected chi connectivity index (χ0v) is 17.4. The molecule has 0 N–H and O–H groups in total. The number of nitrogens with zero attached hydrogens (tertiary/aromatic N) is 3. The molecule has 2 fully saturated rings. The van der Waals surface area contributed by atoms with E-state index in [-0.39, 0.29) is 18.2 Å². The van der Waals surface area contributed by atoms with Gasteiger partial charge in [-0.15, -0.1) is 0 Å². The number of imide groups is 1. The smallest absolute Gasteiger partial charge is 0.251 e. The van der Waals surface area contributed by atoms with Crippen molar-refractivity contribution in [1.29, 1.82) is 0 Å². The maximum atomic E-state index is 13.2. The van der Waals surface area contributed by atoms with Gasteiger partial charge < -0.3 is 9.47 Å². The maximum Gasteiger partial charge on any atom is 0.251 e. The summed E-state index contributed by atoms with van der Waals surface area (Å²) in [6.07, 6.45) is 0.205. The van der Waals surface area contributed by atoms with Gasteiger partial charge in [0.15, 0.2) is 0 Å². The van der Waals surface area contributed by atoms with Crippen molar-refractivity contribution in [3.8, 4) is 11.5 Å². The number of benzene rings is 2. The normalized spacial score (nSPS) is 20.6. The average molecular weight is 409 g/mol. The number of anilines is 1. The lowest BCUT2D eigenvalue weighted by atomic mass is 10.1. The number of rotatable bonds is 6. The highest BCUT2D eigenvalue weighted by molar-refractivity contribution is 6.22. The zero-order chi connectivity index (χ0) is 21.1. The third-order valence-electron chi connectivity index (χ3n) is 5.81. The van der Waals surface area contributed by atoms with Crippen molar-refractivity contribution in [1.82, 2.24) is 9.80 Å². The van der Waals surface area contributed by atoms with Crippen molar-refractivity contribution < 1.29 is 19.1 Å². The predicted octanol–water partition coefficient (Wildman–Crippen LogP) is 2.15. The molecule has 2 aromatic carbocycles. The molecule has 4 rings (SSSR count). The summed E-state index contributed by atoms with van der Waals surface area (Å²) < 4.78 is 10.6. The van der Waals surface area contributed by atoms with E-state index < -0.39 is 6.04 Å². The monoisotopic (exact) mass is 409 g/mol. The van der Waals surface area contributed by atoms with Gasteiger partial charge in [-0.1, -0.05) is 30.3 Å². The molecule has 0 bridgehead atoms. The average Bonchev–Trinajstić information content (AvgIpc) is 3.08. The number of amides is 2. The van der Waals surface area contributed by atoms with Gasteiger partial charge in [0, 0.05) is 50.9 Å². The summed E-state index contributed by atoms with van der Waals surface area (Å²) in [5, 5.41) is 0. The summed E-state index contributed by atoms with van der Waals surface area (Å²) in [7, 11) is 3.09. The lowest BCUT2D eigenvalue weighted by Gasteiger charge is -2.37. The van der Waals surface area contributed by atoms with Gasteiger partial charge in [0.1, 0.15) is 11.5 Å². The summed E-state index contributed by atoms with van der Waals surface area (Å²) in [6, 6.07) is 15.1. The van der Waals surface area contributed by atoms with Crippen molar-refractivity contribution in [2.45, 2.75) is 19.0 Å². The van der Waals surface area contributed by atoms with Crippen molar-refractivity contribution in [2.24, 2.45) is 0 Å². The molecule has 158 valence electrons. The van der Waals surface area contributed by atoms with E-state index in [0.29, 0.717) is 17.2 Å². The highest BCUT2D eigenvalue weighted by Gasteiger charge is 2.43. The molecule has 1 atom stereocenters. The van der Waals surface area contributed by atoms with Crippen LogP contribution in [0.3, 0.4) is 0 Å². The predicted molar refractivity (Wildman–Crippen MR) is 114 cm³/mol. The molecule has 2 saturated heterocycles. The van der Waals surface area contributed by atoms with Gasteiger partial charge in [-0.05, 0) is 5.56 Å². The second kappa shape index (κ2) is 8.85. The lowest BCUT2D eigenvalue weighted by Crippen LogP contribution is -2.52. The Morgan fingerprint density at radius 1 is 0.900 bits per heavy atom. The van der Waals surface area contributed by atoms with Crippen molar-refractivity contribution in [2.75, 3.05) is 45.3 Å². The highest BCUT2D eigenvalue weighted by atomic mass is 16.5. The first kappa shape index (κ1) is 20.4. The van der Waals surface area contributed by atoms with Crippen LogP contribution < -0.4 is 14.4 Å². The van der Waals surface area contributed by atoms with Gasteiger partial charge in [0.05, 0.1) is 32.4 Å². The molecule has 2 aliphatic rings. The van der Waals surface area contributed by atoms with Crippen LogP contribution in [-0.4, -0.2) is 68.1 Å². The topological polar surface area (TPSA) is 62.3 Å². The van der Waals surface area contributed by atoms with Crippen LogP contribution in [0.15, 0.2) is 48.5 Å². The zero-order valence-electron chi connectivity index (χ0n) is 17.4. The quantitative estimate of drug-likeness (QED) is 0.682. The number of hydrogen-bond acceptors (Lipinski definition) is 6. The van der Waals surface area contributed by atoms with E-state index in [9.17, 15) is 9.59 Å². The summed E-state index contributed by atoms with van der Waals surface area (Å²) in [5.41, 5.74) is 1.78. The second-order valence-electron chi connectivity index (χ2n) is 7.66. The van der Waals surface area contributed by atoms with Gasteiger partial charge in [0.25, 0.3) is 5.91 Å². The van der Waals surface area contributed by atoms with Gasteiger partial charge in [-0.25, -0.2) is 4.90 Å². The van der Waals surface area contributed by atoms with Gasteiger partial charge in [-0.2, -0.15) is 0 Å². The molecule has 7 heteroatoms. The molecule has 2 aliphatic heterocycles. The minimum Gasteiger partial charge on any atom is -0.497 e. The number of ether oxygens (including phenoxy) is 2. The van der Waals surface area contributed by atoms with Crippen LogP contribution in [0, 0.1) is 0 Å². The highest BCUT2D eigenvalue weighted by Crippen LogP contribution is 2.32.